The monoisotopic (exact) mass is 727 g/mol. The number of carbonyl (C=O) groups is 3. The maximum absolute atomic E-state index is 13.5. The zero-order valence-electron chi connectivity index (χ0n) is 26.1. The quantitative estimate of drug-likeness (QED) is 0.102. The highest BCUT2D eigenvalue weighted by atomic mass is 79.9. The number of furan rings is 1. The number of rotatable bonds is 11. The van der Waals surface area contributed by atoms with Crippen LogP contribution in [-0.4, -0.2) is 23.5 Å². The fraction of sp³-hybridized carbons (Fsp3) is 0.0250. The number of carbonyl (C=O) groups excluding carboxylic acids is 3. The largest absolute Gasteiger partial charge is 0.457 e. The summed E-state index contributed by atoms with van der Waals surface area (Å²) in [6.07, 6.45) is 1.50. The van der Waals surface area contributed by atoms with Crippen molar-refractivity contribution in [2.75, 3.05) is 16.0 Å². The SMILES string of the molecule is O=C(Nc1ccc(SCC(=O)N(c2ccccc2)c2ccccc2)cc1)/C(=C/c1ccc(-c2ccc(Br)cc2)o1)NC(=O)c1ccccc1. The zero-order valence-corrected chi connectivity index (χ0v) is 28.5. The molecule has 6 aromatic rings. The van der Waals surface area contributed by atoms with Gasteiger partial charge in [0.15, 0.2) is 0 Å². The summed E-state index contributed by atoms with van der Waals surface area (Å²) in [5, 5.41) is 5.60. The van der Waals surface area contributed by atoms with Crippen LogP contribution in [0.1, 0.15) is 16.1 Å². The predicted octanol–water partition coefficient (Wildman–Crippen LogP) is 9.58. The van der Waals surface area contributed by atoms with E-state index in [-0.39, 0.29) is 17.4 Å². The van der Waals surface area contributed by atoms with E-state index < -0.39 is 11.8 Å². The molecule has 5 aromatic carbocycles. The molecule has 6 rings (SSSR count). The fourth-order valence-corrected chi connectivity index (χ4v) is 5.93. The van der Waals surface area contributed by atoms with Gasteiger partial charge >= 0.3 is 0 Å². The summed E-state index contributed by atoms with van der Waals surface area (Å²) in [5.41, 5.74) is 3.39. The van der Waals surface area contributed by atoms with E-state index in [1.54, 1.807) is 47.4 Å². The van der Waals surface area contributed by atoms with Crippen LogP contribution >= 0.6 is 27.7 Å². The van der Waals surface area contributed by atoms with Crippen LogP contribution in [0.5, 0.6) is 0 Å². The van der Waals surface area contributed by atoms with Crippen molar-refractivity contribution in [1.82, 2.24) is 5.32 Å². The number of halogens is 1. The first kappa shape index (κ1) is 33.3. The molecule has 0 fully saturated rings. The molecule has 0 atom stereocenters. The number of hydrogen-bond acceptors (Lipinski definition) is 5. The summed E-state index contributed by atoms with van der Waals surface area (Å²) < 4.78 is 6.95. The topological polar surface area (TPSA) is 91.7 Å². The second kappa shape index (κ2) is 16.0. The van der Waals surface area contributed by atoms with Gasteiger partial charge in [-0.15, -0.1) is 11.8 Å². The molecule has 9 heteroatoms. The Labute approximate surface area is 296 Å². The lowest BCUT2D eigenvalue weighted by atomic mass is 10.2. The Morgan fingerprint density at radius 2 is 1.29 bits per heavy atom. The van der Waals surface area contributed by atoms with Crippen LogP contribution in [0.15, 0.2) is 171 Å². The van der Waals surface area contributed by atoms with Gasteiger partial charge in [-0.2, -0.15) is 0 Å². The van der Waals surface area contributed by atoms with Crippen molar-refractivity contribution >= 4 is 68.6 Å². The Morgan fingerprint density at radius 1 is 0.694 bits per heavy atom. The van der Waals surface area contributed by atoms with Crippen molar-refractivity contribution in [3.8, 4) is 11.3 Å². The van der Waals surface area contributed by atoms with Crippen molar-refractivity contribution in [2.24, 2.45) is 0 Å². The molecule has 0 aliphatic rings. The second-order valence-corrected chi connectivity index (χ2v) is 12.7. The van der Waals surface area contributed by atoms with Crippen LogP contribution in [0, 0.1) is 0 Å². The highest BCUT2D eigenvalue weighted by Gasteiger charge is 2.19. The summed E-state index contributed by atoms with van der Waals surface area (Å²) in [6.45, 7) is 0. The van der Waals surface area contributed by atoms with E-state index in [0.717, 1.165) is 26.3 Å². The second-order valence-electron chi connectivity index (χ2n) is 10.8. The molecule has 0 bridgehead atoms. The molecule has 49 heavy (non-hydrogen) atoms. The van der Waals surface area contributed by atoms with E-state index >= 15 is 0 Å². The Morgan fingerprint density at radius 3 is 1.90 bits per heavy atom. The molecule has 242 valence electrons. The molecular formula is C40H30BrN3O4S. The number of para-hydroxylation sites is 2. The summed E-state index contributed by atoms with van der Waals surface area (Å²) in [7, 11) is 0. The zero-order chi connectivity index (χ0) is 34.0. The van der Waals surface area contributed by atoms with Gasteiger partial charge in [-0.1, -0.05) is 82.7 Å². The number of thioether (sulfide) groups is 1. The van der Waals surface area contributed by atoms with Crippen LogP contribution in [0.2, 0.25) is 0 Å². The first-order valence-electron chi connectivity index (χ1n) is 15.3. The molecule has 1 aromatic heterocycles. The predicted molar refractivity (Wildman–Crippen MR) is 200 cm³/mol. The van der Waals surface area contributed by atoms with Gasteiger partial charge in [0.2, 0.25) is 5.91 Å². The van der Waals surface area contributed by atoms with Gasteiger partial charge in [-0.25, -0.2) is 0 Å². The van der Waals surface area contributed by atoms with Gasteiger partial charge in [0, 0.05) is 43.6 Å². The summed E-state index contributed by atoms with van der Waals surface area (Å²) >= 11 is 4.84. The normalized spacial score (nSPS) is 11.1. The average molecular weight is 729 g/mol. The van der Waals surface area contributed by atoms with Crippen LogP contribution in [0.3, 0.4) is 0 Å². The van der Waals surface area contributed by atoms with Crippen molar-refractivity contribution in [2.45, 2.75) is 4.90 Å². The molecule has 0 saturated carbocycles. The van der Waals surface area contributed by atoms with Crippen LogP contribution < -0.4 is 15.5 Å². The molecule has 7 nitrogen and oxygen atoms in total. The third-order valence-electron chi connectivity index (χ3n) is 7.32. The third kappa shape index (κ3) is 8.84. The molecule has 0 unspecified atom stereocenters. The van der Waals surface area contributed by atoms with Gasteiger partial charge in [-0.3, -0.25) is 19.3 Å². The lowest BCUT2D eigenvalue weighted by Gasteiger charge is -2.23. The Kier molecular flexibility index (Phi) is 10.8. The maximum atomic E-state index is 13.5. The van der Waals surface area contributed by atoms with E-state index in [0.29, 0.717) is 22.8 Å². The minimum atomic E-state index is -0.525. The van der Waals surface area contributed by atoms with Crippen molar-refractivity contribution in [3.63, 3.8) is 0 Å². The fourth-order valence-electron chi connectivity index (χ4n) is 4.92. The number of amides is 3. The lowest BCUT2D eigenvalue weighted by molar-refractivity contribution is -0.115. The van der Waals surface area contributed by atoms with Gasteiger partial charge in [0.05, 0.1) is 5.75 Å². The third-order valence-corrected chi connectivity index (χ3v) is 8.85. The van der Waals surface area contributed by atoms with Gasteiger partial charge in [-0.05, 0) is 84.9 Å². The van der Waals surface area contributed by atoms with E-state index in [2.05, 4.69) is 26.6 Å². The Bertz CT molecular complexity index is 2030. The highest BCUT2D eigenvalue weighted by molar-refractivity contribution is 9.10. The molecule has 0 aliphatic carbocycles. The van der Waals surface area contributed by atoms with E-state index in [9.17, 15) is 14.4 Å². The van der Waals surface area contributed by atoms with Gasteiger partial charge in [0.25, 0.3) is 11.8 Å². The lowest BCUT2D eigenvalue weighted by Crippen LogP contribution is -2.30. The Balaban J connectivity index is 1.15. The average Bonchev–Trinajstić information content (AvgIpc) is 3.61. The molecule has 0 radical (unpaired) electrons. The molecule has 0 spiro atoms. The van der Waals surface area contributed by atoms with E-state index in [1.807, 2.05) is 109 Å². The number of nitrogens with one attached hydrogen (secondary N) is 2. The molecular weight excluding hydrogens is 698 g/mol. The molecule has 1 heterocycles. The van der Waals surface area contributed by atoms with Crippen molar-refractivity contribution in [3.05, 3.63) is 173 Å². The Hall–Kier alpha value is -5.64. The molecule has 2 N–H and O–H groups in total. The minimum Gasteiger partial charge on any atom is -0.457 e. The molecule has 0 aliphatic heterocycles. The van der Waals surface area contributed by atoms with Gasteiger partial charge in [0.1, 0.15) is 17.2 Å². The maximum Gasteiger partial charge on any atom is 0.272 e. The summed E-state index contributed by atoms with van der Waals surface area (Å²) in [5.74, 6) is 0.202. The standard InChI is InChI=1S/C40H30BrN3O4S/c41-30-18-16-28(17-19-30)37-25-22-34(48-37)26-36(43-39(46)29-10-4-1-5-11-29)40(47)42-31-20-23-35(24-21-31)49-27-38(45)44(32-12-6-2-7-13-32)33-14-8-3-9-15-33/h1-26H,27H2,(H,42,47)(H,43,46)/b36-26-. The smallest absolute Gasteiger partial charge is 0.272 e. The first-order chi connectivity index (χ1) is 23.9. The highest BCUT2D eigenvalue weighted by Crippen LogP contribution is 2.29. The van der Waals surface area contributed by atoms with E-state index in [4.69, 9.17) is 4.42 Å². The number of anilines is 3. The van der Waals surface area contributed by atoms with Crippen LogP contribution in [0.4, 0.5) is 17.1 Å². The van der Waals surface area contributed by atoms with Gasteiger partial charge < -0.3 is 15.1 Å². The number of benzene rings is 5. The molecule has 3 amide bonds. The summed E-state index contributed by atoms with van der Waals surface area (Å²) in [4.78, 5) is 42.6. The first-order valence-corrected chi connectivity index (χ1v) is 17.1. The van der Waals surface area contributed by atoms with Crippen LogP contribution in [-0.2, 0) is 9.59 Å². The van der Waals surface area contributed by atoms with Crippen molar-refractivity contribution < 1.29 is 18.8 Å². The number of nitrogens with zero attached hydrogens (tertiary/aromatic N) is 1. The number of hydrogen-bond donors (Lipinski definition) is 2. The summed E-state index contributed by atoms with van der Waals surface area (Å²) in [6, 6.07) is 46.2. The van der Waals surface area contributed by atoms with E-state index in [1.165, 1.54) is 17.8 Å². The minimum absolute atomic E-state index is 0.0107. The molecule has 0 saturated heterocycles. The van der Waals surface area contributed by atoms with Crippen molar-refractivity contribution in [1.29, 1.82) is 0 Å². The van der Waals surface area contributed by atoms with Crippen LogP contribution in [0.25, 0.3) is 17.4 Å².